The maximum atomic E-state index is 2.57. The molecule has 0 nitrogen and oxygen atoms in total. The first kappa shape index (κ1) is 19.4. The summed E-state index contributed by atoms with van der Waals surface area (Å²) in [6, 6.07) is 14.7. The van der Waals surface area contributed by atoms with Crippen LogP contribution in [0.25, 0.3) is 11.1 Å². The summed E-state index contributed by atoms with van der Waals surface area (Å²) in [6.45, 7) is 4.58. The van der Waals surface area contributed by atoms with Crippen LogP contribution in [0.15, 0.2) is 36.4 Å². The summed E-state index contributed by atoms with van der Waals surface area (Å²) < 4.78 is 0. The third-order valence-corrected chi connectivity index (χ3v) is 8.40. The van der Waals surface area contributed by atoms with Gasteiger partial charge in [0.25, 0.3) is 0 Å². The van der Waals surface area contributed by atoms with Crippen LogP contribution < -0.4 is 0 Å². The number of hydrogen-bond donors (Lipinski definition) is 0. The Morgan fingerprint density at radius 3 is 1.45 bits per heavy atom. The average Bonchev–Trinajstić information content (AvgIpc) is 2.98. The van der Waals surface area contributed by atoms with Crippen molar-refractivity contribution in [3.63, 3.8) is 0 Å². The maximum Gasteiger partial charge on any atom is 0.0220 e. The van der Waals surface area contributed by atoms with Crippen LogP contribution >= 0.6 is 0 Å². The van der Waals surface area contributed by atoms with E-state index in [1.165, 1.54) is 99.3 Å². The van der Waals surface area contributed by atoms with Gasteiger partial charge in [-0.15, -0.1) is 0 Å². The molecule has 0 unspecified atom stereocenters. The van der Waals surface area contributed by atoms with E-state index < -0.39 is 0 Å². The fourth-order valence-electron chi connectivity index (χ4n) is 7.01. The number of rotatable bonds is 4. The van der Waals surface area contributed by atoms with Gasteiger partial charge in [-0.3, -0.25) is 0 Å². The van der Waals surface area contributed by atoms with Crippen LogP contribution in [0.4, 0.5) is 0 Å². The zero-order valence-electron chi connectivity index (χ0n) is 18.6. The fraction of sp³-hybridized carbons (Fsp3) is 0.586. The lowest BCUT2D eigenvalue weighted by Gasteiger charge is -2.40. The van der Waals surface area contributed by atoms with Crippen LogP contribution in [0.3, 0.4) is 0 Å². The Morgan fingerprint density at radius 2 is 1.03 bits per heavy atom. The van der Waals surface area contributed by atoms with Crippen molar-refractivity contribution in [2.24, 2.45) is 11.8 Å². The number of benzene rings is 2. The van der Waals surface area contributed by atoms with E-state index in [9.17, 15) is 0 Å². The largest absolute Gasteiger partial charge is 0.0587 e. The van der Waals surface area contributed by atoms with Gasteiger partial charge in [0.2, 0.25) is 0 Å². The summed E-state index contributed by atoms with van der Waals surface area (Å²) in [4.78, 5) is 0. The SMILES string of the molecule is Cc1ccc2c(c1)C(CC1CCCCC1)(CC1CCCCC1)c1cc(C)ccc1-2. The molecule has 0 amide bonds. The molecule has 29 heavy (non-hydrogen) atoms. The van der Waals surface area contributed by atoms with Gasteiger partial charge in [0.05, 0.1) is 0 Å². The molecule has 5 rings (SSSR count). The van der Waals surface area contributed by atoms with E-state index in [0.717, 1.165) is 11.8 Å². The smallest absolute Gasteiger partial charge is 0.0220 e. The second-order valence-corrected chi connectivity index (χ2v) is 10.6. The van der Waals surface area contributed by atoms with Gasteiger partial charge in [-0.25, -0.2) is 0 Å². The minimum atomic E-state index is 0.257. The molecule has 0 aliphatic heterocycles. The molecule has 0 N–H and O–H groups in total. The van der Waals surface area contributed by atoms with Crippen molar-refractivity contribution >= 4 is 0 Å². The molecule has 2 aromatic rings. The lowest BCUT2D eigenvalue weighted by atomic mass is 9.63. The third-order valence-electron chi connectivity index (χ3n) is 8.40. The van der Waals surface area contributed by atoms with Crippen LogP contribution in [0.2, 0.25) is 0 Å². The minimum Gasteiger partial charge on any atom is -0.0587 e. The summed E-state index contributed by atoms with van der Waals surface area (Å²) in [6.07, 6.45) is 17.3. The second kappa shape index (κ2) is 7.93. The van der Waals surface area contributed by atoms with Crippen LogP contribution in [0.5, 0.6) is 0 Å². The molecule has 0 heteroatoms. The number of fused-ring (bicyclic) bond motifs is 3. The van der Waals surface area contributed by atoms with E-state index in [1.807, 2.05) is 0 Å². The van der Waals surface area contributed by atoms with Gasteiger partial charge in [-0.05, 0) is 60.8 Å². The zero-order valence-corrected chi connectivity index (χ0v) is 18.6. The molecule has 0 bridgehead atoms. The number of hydrogen-bond acceptors (Lipinski definition) is 0. The zero-order chi connectivity index (χ0) is 19.8. The Balaban J connectivity index is 1.65. The highest BCUT2D eigenvalue weighted by atomic mass is 14.5. The van der Waals surface area contributed by atoms with Gasteiger partial charge in [0.1, 0.15) is 0 Å². The molecule has 0 radical (unpaired) electrons. The molecule has 3 aliphatic carbocycles. The van der Waals surface area contributed by atoms with Crippen molar-refractivity contribution in [1.29, 1.82) is 0 Å². The molecular weight excluding hydrogens is 348 g/mol. The summed E-state index contributed by atoms with van der Waals surface area (Å²) in [5, 5.41) is 0. The van der Waals surface area contributed by atoms with Crippen molar-refractivity contribution in [1.82, 2.24) is 0 Å². The lowest BCUT2D eigenvalue weighted by molar-refractivity contribution is 0.226. The number of aryl methyl sites for hydroxylation is 2. The molecule has 0 heterocycles. The highest BCUT2D eigenvalue weighted by Gasteiger charge is 2.45. The van der Waals surface area contributed by atoms with Crippen LogP contribution in [-0.4, -0.2) is 0 Å². The minimum absolute atomic E-state index is 0.257. The van der Waals surface area contributed by atoms with Gasteiger partial charge in [0, 0.05) is 5.41 Å². The molecule has 2 saturated carbocycles. The van der Waals surface area contributed by atoms with Crippen molar-refractivity contribution in [2.45, 2.75) is 96.3 Å². The van der Waals surface area contributed by atoms with Crippen LogP contribution in [-0.2, 0) is 5.41 Å². The van der Waals surface area contributed by atoms with E-state index in [2.05, 4.69) is 50.2 Å². The third kappa shape index (κ3) is 3.58. The fourth-order valence-corrected chi connectivity index (χ4v) is 7.01. The summed E-state index contributed by atoms with van der Waals surface area (Å²) in [7, 11) is 0. The van der Waals surface area contributed by atoms with Crippen molar-refractivity contribution in [2.75, 3.05) is 0 Å². The van der Waals surface area contributed by atoms with Crippen molar-refractivity contribution in [3.8, 4) is 11.1 Å². The van der Waals surface area contributed by atoms with Gasteiger partial charge >= 0.3 is 0 Å². The molecule has 0 spiro atoms. The Bertz CT molecular complexity index is 788. The molecule has 2 fully saturated rings. The molecule has 154 valence electrons. The van der Waals surface area contributed by atoms with Crippen LogP contribution in [0.1, 0.15) is 99.3 Å². The molecular formula is C29H38. The Hall–Kier alpha value is -1.56. The molecule has 0 atom stereocenters. The van der Waals surface area contributed by atoms with Gasteiger partial charge < -0.3 is 0 Å². The van der Waals surface area contributed by atoms with E-state index >= 15 is 0 Å². The van der Waals surface area contributed by atoms with E-state index in [0.29, 0.717) is 0 Å². The molecule has 2 aromatic carbocycles. The van der Waals surface area contributed by atoms with Crippen molar-refractivity contribution < 1.29 is 0 Å². The first-order valence-electron chi connectivity index (χ1n) is 12.4. The summed E-state index contributed by atoms with van der Waals surface area (Å²) in [5.74, 6) is 1.82. The monoisotopic (exact) mass is 386 g/mol. The predicted octanol–water partition coefficient (Wildman–Crippen LogP) is 8.51. The maximum absolute atomic E-state index is 2.57. The molecule has 0 aromatic heterocycles. The second-order valence-electron chi connectivity index (χ2n) is 10.6. The Morgan fingerprint density at radius 1 is 0.621 bits per heavy atom. The Kier molecular flexibility index (Phi) is 5.31. The van der Waals surface area contributed by atoms with Crippen LogP contribution in [0, 0.1) is 25.7 Å². The van der Waals surface area contributed by atoms with E-state index in [-0.39, 0.29) is 5.41 Å². The van der Waals surface area contributed by atoms with E-state index in [1.54, 1.807) is 11.1 Å². The van der Waals surface area contributed by atoms with Crippen molar-refractivity contribution in [3.05, 3.63) is 58.7 Å². The van der Waals surface area contributed by atoms with Gasteiger partial charge in [-0.1, -0.05) is 112 Å². The quantitative estimate of drug-likeness (QED) is 0.494. The Labute approximate surface area is 178 Å². The molecule has 0 saturated heterocycles. The summed E-state index contributed by atoms with van der Waals surface area (Å²) >= 11 is 0. The van der Waals surface area contributed by atoms with Gasteiger partial charge in [0.15, 0.2) is 0 Å². The van der Waals surface area contributed by atoms with Gasteiger partial charge in [-0.2, -0.15) is 0 Å². The first-order valence-corrected chi connectivity index (χ1v) is 12.4. The first-order chi connectivity index (χ1) is 14.2. The summed E-state index contributed by atoms with van der Waals surface area (Å²) in [5.41, 5.74) is 9.56. The highest BCUT2D eigenvalue weighted by Crippen LogP contribution is 2.57. The lowest BCUT2D eigenvalue weighted by Crippen LogP contribution is -2.32. The van der Waals surface area contributed by atoms with E-state index in [4.69, 9.17) is 0 Å². The average molecular weight is 387 g/mol. The predicted molar refractivity (Wildman–Crippen MR) is 125 cm³/mol. The molecule has 3 aliphatic rings. The normalized spacial score (nSPS) is 21.7. The standard InChI is InChI=1S/C29H38/c1-21-13-15-25-26-16-14-22(2)18-28(26)29(27(25)17-21,19-23-9-5-3-6-10-23)20-24-11-7-4-8-12-24/h13-18,23-24H,3-12,19-20H2,1-2H3. The highest BCUT2D eigenvalue weighted by molar-refractivity contribution is 5.81. The topological polar surface area (TPSA) is 0 Å².